The van der Waals surface area contributed by atoms with Crippen molar-refractivity contribution >= 4 is 11.8 Å². The number of benzene rings is 2. The summed E-state index contributed by atoms with van der Waals surface area (Å²) in [6.45, 7) is 0.414. The maximum absolute atomic E-state index is 11.5. The van der Waals surface area contributed by atoms with Crippen molar-refractivity contribution in [1.82, 2.24) is 0 Å². The SMILES string of the molecule is O=C(Nc1cccc(O)c1)OCCOc1ccccc1. The number of rotatable bonds is 5. The summed E-state index contributed by atoms with van der Waals surface area (Å²) in [5.41, 5.74) is 0.471. The third kappa shape index (κ3) is 4.53. The minimum Gasteiger partial charge on any atom is -0.508 e. The lowest BCUT2D eigenvalue weighted by molar-refractivity contribution is 0.138. The van der Waals surface area contributed by atoms with Gasteiger partial charge in [0.05, 0.1) is 0 Å². The molecule has 0 fully saturated rings. The molecule has 5 nitrogen and oxygen atoms in total. The molecule has 0 heterocycles. The first-order chi connectivity index (χ1) is 9.74. The molecule has 0 saturated heterocycles. The molecule has 5 heteroatoms. The maximum Gasteiger partial charge on any atom is 0.411 e. The molecule has 2 N–H and O–H groups in total. The van der Waals surface area contributed by atoms with Gasteiger partial charge in [0.2, 0.25) is 0 Å². The van der Waals surface area contributed by atoms with Crippen molar-refractivity contribution in [3.63, 3.8) is 0 Å². The summed E-state index contributed by atoms with van der Waals surface area (Å²) in [5.74, 6) is 0.805. The van der Waals surface area contributed by atoms with Gasteiger partial charge in [-0.05, 0) is 24.3 Å². The lowest BCUT2D eigenvalue weighted by Crippen LogP contribution is -2.17. The largest absolute Gasteiger partial charge is 0.508 e. The molecule has 2 rings (SSSR count). The average Bonchev–Trinajstić information content (AvgIpc) is 2.45. The number of carbonyl (C=O) groups excluding carboxylic acids is 1. The van der Waals surface area contributed by atoms with Gasteiger partial charge in [0.1, 0.15) is 24.7 Å². The van der Waals surface area contributed by atoms with Crippen molar-refractivity contribution < 1.29 is 19.4 Å². The molecule has 0 unspecified atom stereocenters. The van der Waals surface area contributed by atoms with Gasteiger partial charge in [0.25, 0.3) is 0 Å². The van der Waals surface area contributed by atoms with Crippen LogP contribution >= 0.6 is 0 Å². The fraction of sp³-hybridized carbons (Fsp3) is 0.133. The van der Waals surface area contributed by atoms with Crippen LogP contribution < -0.4 is 10.1 Å². The molecule has 0 spiro atoms. The average molecular weight is 273 g/mol. The van der Waals surface area contributed by atoms with E-state index >= 15 is 0 Å². The molecule has 0 aliphatic rings. The van der Waals surface area contributed by atoms with Crippen molar-refractivity contribution in [3.05, 3.63) is 54.6 Å². The molecular formula is C15H15NO4. The van der Waals surface area contributed by atoms with Crippen LogP contribution in [-0.4, -0.2) is 24.4 Å². The van der Waals surface area contributed by atoms with Gasteiger partial charge in [0.15, 0.2) is 0 Å². The number of hydrogen-bond acceptors (Lipinski definition) is 4. The molecule has 0 aromatic heterocycles. The molecule has 0 saturated carbocycles. The lowest BCUT2D eigenvalue weighted by atomic mass is 10.3. The Bertz CT molecular complexity index is 557. The summed E-state index contributed by atoms with van der Waals surface area (Å²) in [7, 11) is 0. The maximum atomic E-state index is 11.5. The summed E-state index contributed by atoms with van der Waals surface area (Å²) < 4.78 is 10.3. The summed E-state index contributed by atoms with van der Waals surface area (Å²) in [6.07, 6.45) is -0.590. The Hall–Kier alpha value is -2.69. The van der Waals surface area contributed by atoms with Crippen molar-refractivity contribution in [3.8, 4) is 11.5 Å². The Morgan fingerprint density at radius 3 is 2.60 bits per heavy atom. The van der Waals surface area contributed by atoms with Crippen LogP contribution in [0.2, 0.25) is 0 Å². The molecular weight excluding hydrogens is 258 g/mol. The Morgan fingerprint density at radius 2 is 1.85 bits per heavy atom. The second-order valence-corrected chi connectivity index (χ2v) is 3.97. The highest BCUT2D eigenvalue weighted by atomic mass is 16.6. The van der Waals surface area contributed by atoms with Crippen LogP contribution in [0.4, 0.5) is 10.5 Å². The highest BCUT2D eigenvalue weighted by Gasteiger charge is 2.03. The van der Waals surface area contributed by atoms with Gasteiger partial charge in [0, 0.05) is 11.8 Å². The lowest BCUT2D eigenvalue weighted by Gasteiger charge is -2.08. The Labute approximate surface area is 116 Å². The standard InChI is InChI=1S/C15H15NO4/c17-13-6-4-5-12(11-13)16-15(18)20-10-9-19-14-7-2-1-3-8-14/h1-8,11,17H,9-10H2,(H,16,18). The summed E-state index contributed by atoms with van der Waals surface area (Å²) in [4.78, 5) is 11.5. The number of nitrogens with one attached hydrogen (secondary N) is 1. The highest BCUT2D eigenvalue weighted by Crippen LogP contribution is 2.15. The monoisotopic (exact) mass is 273 g/mol. The number of phenols is 1. The van der Waals surface area contributed by atoms with Gasteiger partial charge in [-0.3, -0.25) is 5.32 Å². The van der Waals surface area contributed by atoms with Crippen molar-refractivity contribution in [2.24, 2.45) is 0 Å². The van der Waals surface area contributed by atoms with Crippen molar-refractivity contribution in [2.75, 3.05) is 18.5 Å². The number of phenolic OH excluding ortho intramolecular Hbond substituents is 1. The first-order valence-electron chi connectivity index (χ1n) is 6.15. The first-order valence-corrected chi connectivity index (χ1v) is 6.15. The fourth-order valence-electron chi connectivity index (χ4n) is 1.55. The number of hydrogen-bond donors (Lipinski definition) is 2. The Morgan fingerprint density at radius 1 is 1.05 bits per heavy atom. The number of ether oxygens (including phenoxy) is 2. The van der Waals surface area contributed by atoms with E-state index in [1.165, 1.54) is 12.1 Å². The van der Waals surface area contributed by atoms with Crippen LogP contribution in [0.1, 0.15) is 0 Å². The second-order valence-electron chi connectivity index (χ2n) is 3.97. The van der Waals surface area contributed by atoms with E-state index in [2.05, 4.69) is 5.32 Å². The first kappa shape index (κ1) is 13.7. The van der Waals surface area contributed by atoms with Gasteiger partial charge in [-0.1, -0.05) is 24.3 Å². The predicted octanol–water partition coefficient (Wildman–Crippen LogP) is 3.02. The molecule has 20 heavy (non-hydrogen) atoms. The summed E-state index contributed by atoms with van der Waals surface area (Å²) >= 11 is 0. The van der Waals surface area contributed by atoms with Crippen LogP contribution in [0.25, 0.3) is 0 Å². The van der Waals surface area contributed by atoms with E-state index in [4.69, 9.17) is 9.47 Å². The van der Waals surface area contributed by atoms with Gasteiger partial charge in [-0.25, -0.2) is 4.79 Å². The van der Waals surface area contributed by atoms with Crippen molar-refractivity contribution in [1.29, 1.82) is 0 Å². The quantitative estimate of drug-likeness (QED) is 0.822. The van der Waals surface area contributed by atoms with Gasteiger partial charge < -0.3 is 14.6 Å². The van der Waals surface area contributed by atoms with Crippen LogP contribution in [0.5, 0.6) is 11.5 Å². The van der Waals surface area contributed by atoms with Crippen molar-refractivity contribution in [2.45, 2.75) is 0 Å². The zero-order chi connectivity index (χ0) is 14.2. The highest BCUT2D eigenvalue weighted by molar-refractivity contribution is 5.84. The minimum atomic E-state index is -0.590. The van der Waals surface area contributed by atoms with E-state index in [1.807, 2.05) is 30.3 Å². The molecule has 0 radical (unpaired) electrons. The molecule has 1 amide bonds. The van der Waals surface area contributed by atoms with Gasteiger partial charge >= 0.3 is 6.09 Å². The molecule has 0 atom stereocenters. The summed E-state index contributed by atoms with van der Waals surface area (Å²) in [6, 6.07) is 15.5. The van der Waals surface area contributed by atoms with E-state index in [9.17, 15) is 9.90 Å². The molecule has 0 aliphatic carbocycles. The van der Waals surface area contributed by atoms with Crippen LogP contribution in [0, 0.1) is 0 Å². The summed E-state index contributed by atoms with van der Waals surface area (Å²) in [5, 5.41) is 11.8. The van der Waals surface area contributed by atoms with Crippen LogP contribution in [-0.2, 0) is 4.74 Å². The predicted molar refractivity (Wildman–Crippen MR) is 75.0 cm³/mol. The molecule has 0 aliphatic heterocycles. The third-order valence-corrected chi connectivity index (χ3v) is 2.42. The zero-order valence-electron chi connectivity index (χ0n) is 10.8. The Balaban J connectivity index is 1.68. The fourth-order valence-corrected chi connectivity index (χ4v) is 1.55. The van der Waals surface area contributed by atoms with E-state index < -0.39 is 6.09 Å². The smallest absolute Gasteiger partial charge is 0.411 e. The van der Waals surface area contributed by atoms with E-state index in [-0.39, 0.29) is 19.0 Å². The zero-order valence-corrected chi connectivity index (χ0v) is 10.8. The minimum absolute atomic E-state index is 0.0789. The number of carbonyl (C=O) groups is 1. The van der Waals surface area contributed by atoms with Gasteiger partial charge in [-0.15, -0.1) is 0 Å². The van der Waals surface area contributed by atoms with Gasteiger partial charge in [-0.2, -0.15) is 0 Å². The molecule has 2 aromatic carbocycles. The molecule has 2 aromatic rings. The molecule has 104 valence electrons. The van der Waals surface area contributed by atoms with E-state index in [0.717, 1.165) is 5.75 Å². The van der Waals surface area contributed by atoms with E-state index in [0.29, 0.717) is 5.69 Å². The van der Waals surface area contributed by atoms with Crippen LogP contribution in [0.3, 0.4) is 0 Å². The number of aromatic hydroxyl groups is 1. The molecule has 0 bridgehead atoms. The normalized spacial score (nSPS) is 9.80. The van der Waals surface area contributed by atoms with E-state index in [1.54, 1.807) is 12.1 Å². The Kier molecular flexibility index (Phi) is 4.83. The second kappa shape index (κ2) is 7.04. The van der Waals surface area contributed by atoms with Crippen LogP contribution in [0.15, 0.2) is 54.6 Å². The topological polar surface area (TPSA) is 67.8 Å². The number of anilines is 1. The third-order valence-electron chi connectivity index (χ3n) is 2.42. The number of para-hydroxylation sites is 1. The number of amides is 1.